The Morgan fingerprint density at radius 2 is 0.853 bits per heavy atom. The normalized spacial score (nSPS) is 19.7. The van der Waals surface area contributed by atoms with Gasteiger partial charge in [-0.15, -0.1) is 0 Å². The number of nitrogens with one attached hydrogen (secondary N) is 1. The minimum Gasteiger partial charge on any atom is -0.394 e. The molecule has 0 bridgehead atoms. The van der Waals surface area contributed by atoms with Gasteiger partial charge in [0.05, 0.1) is 25.4 Å². The monoisotopic (exact) mass is 992 g/mol. The van der Waals surface area contributed by atoms with E-state index in [0.717, 1.165) is 51.4 Å². The fraction of sp³-hybridized carbons (Fsp3) is 0.982. The van der Waals surface area contributed by atoms with Gasteiger partial charge < -0.3 is 35.2 Å². The molecule has 12 nitrogen and oxygen atoms in total. The Bertz CT molecular complexity index is 1210. The van der Waals surface area contributed by atoms with Crippen LogP contribution in [-0.4, -0.2) is 95.4 Å². The third-order valence-corrected chi connectivity index (χ3v) is 14.6. The van der Waals surface area contributed by atoms with Crippen molar-refractivity contribution in [2.24, 2.45) is 0 Å². The molecule has 13 heteroatoms. The summed E-state index contributed by atoms with van der Waals surface area (Å²) in [7, 11) is -5.08. The van der Waals surface area contributed by atoms with Crippen LogP contribution in [0, 0.1) is 0 Å². The van der Waals surface area contributed by atoms with Gasteiger partial charge >= 0.3 is 10.4 Å². The summed E-state index contributed by atoms with van der Waals surface area (Å²) in [6, 6.07) is -0.853. The summed E-state index contributed by atoms with van der Waals surface area (Å²) in [6.45, 7) is 3.50. The van der Waals surface area contributed by atoms with Crippen LogP contribution in [0.3, 0.4) is 0 Å². The Morgan fingerprint density at radius 1 is 0.529 bits per heavy atom. The van der Waals surface area contributed by atoms with Gasteiger partial charge in [-0.1, -0.05) is 271 Å². The Morgan fingerprint density at radius 3 is 1.18 bits per heavy atom. The fourth-order valence-electron chi connectivity index (χ4n) is 9.70. The van der Waals surface area contributed by atoms with E-state index in [0.29, 0.717) is 12.8 Å². The van der Waals surface area contributed by atoms with Crippen LogP contribution in [0.15, 0.2) is 0 Å². The maximum Gasteiger partial charge on any atom is 0.397 e. The number of carbonyl (C=O) groups is 1. The second-order valence-electron chi connectivity index (χ2n) is 20.6. The van der Waals surface area contributed by atoms with Crippen LogP contribution in [0.1, 0.15) is 290 Å². The van der Waals surface area contributed by atoms with E-state index in [1.165, 1.54) is 212 Å². The molecule has 1 fully saturated rings. The molecule has 0 aromatic rings. The molecule has 6 N–H and O–H groups in total. The van der Waals surface area contributed by atoms with E-state index in [1.807, 2.05) is 0 Å². The number of rotatable bonds is 51. The first-order valence-corrected chi connectivity index (χ1v) is 30.3. The van der Waals surface area contributed by atoms with E-state index in [-0.39, 0.29) is 12.5 Å². The molecule has 7 unspecified atom stereocenters. The molecule has 7 atom stereocenters. The fourth-order valence-corrected chi connectivity index (χ4v) is 10.2. The molecule has 1 aliphatic heterocycles. The van der Waals surface area contributed by atoms with Gasteiger partial charge in [0.25, 0.3) is 0 Å². The molecule has 1 saturated heterocycles. The predicted molar refractivity (Wildman–Crippen MR) is 278 cm³/mol. The van der Waals surface area contributed by atoms with Gasteiger partial charge in [-0.25, -0.2) is 4.18 Å². The zero-order valence-electron chi connectivity index (χ0n) is 44.0. The summed E-state index contributed by atoms with van der Waals surface area (Å²) in [4.78, 5) is 13.1. The first kappa shape index (κ1) is 65.1. The largest absolute Gasteiger partial charge is 0.397 e. The molecule has 0 spiro atoms. The van der Waals surface area contributed by atoms with Crippen LogP contribution in [0.4, 0.5) is 0 Å². The molecule has 1 heterocycles. The van der Waals surface area contributed by atoms with Gasteiger partial charge in [-0.05, 0) is 12.8 Å². The Balaban J connectivity index is 2.34. The van der Waals surface area contributed by atoms with Crippen molar-refractivity contribution in [3.05, 3.63) is 0 Å². The highest BCUT2D eigenvalue weighted by Gasteiger charge is 2.48. The number of unbranched alkanes of at least 4 members (excludes halogenated alkanes) is 39. The van der Waals surface area contributed by atoms with Gasteiger partial charge in [0.15, 0.2) is 6.29 Å². The maximum absolute atomic E-state index is 13.1. The number of ether oxygens (including phenoxy) is 2. The van der Waals surface area contributed by atoms with E-state index in [4.69, 9.17) is 9.47 Å². The highest BCUT2D eigenvalue weighted by Crippen LogP contribution is 2.26. The Kier molecular flexibility index (Phi) is 44.0. The first-order chi connectivity index (χ1) is 33.0. The molecule has 0 aliphatic carbocycles. The predicted octanol–water partition coefficient (Wildman–Crippen LogP) is 13.3. The summed E-state index contributed by atoms with van der Waals surface area (Å²) in [5.41, 5.74) is 0. The van der Waals surface area contributed by atoms with E-state index in [2.05, 4.69) is 23.3 Å². The first-order valence-electron chi connectivity index (χ1n) is 28.9. The highest BCUT2D eigenvalue weighted by molar-refractivity contribution is 7.80. The lowest BCUT2D eigenvalue weighted by Crippen LogP contribution is -2.61. The zero-order valence-corrected chi connectivity index (χ0v) is 44.8. The lowest BCUT2D eigenvalue weighted by atomic mass is 9.99. The van der Waals surface area contributed by atoms with Crippen molar-refractivity contribution in [3.63, 3.8) is 0 Å². The summed E-state index contributed by atoms with van der Waals surface area (Å²) < 4.78 is 47.9. The van der Waals surface area contributed by atoms with Crippen molar-refractivity contribution in [2.75, 3.05) is 13.2 Å². The van der Waals surface area contributed by atoms with Crippen LogP contribution in [0.25, 0.3) is 0 Å². The average Bonchev–Trinajstić information content (AvgIpc) is 3.31. The van der Waals surface area contributed by atoms with Crippen LogP contribution < -0.4 is 5.32 Å². The van der Waals surface area contributed by atoms with Crippen molar-refractivity contribution in [3.8, 4) is 0 Å². The molecule has 1 aliphatic rings. The van der Waals surface area contributed by atoms with Gasteiger partial charge in [-0.2, -0.15) is 8.42 Å². The number of amides is 1. The minimum atomic E-state index is -5.08. The summed E-state index contributed by atoms with van der Waals surface area (Å²) in [5.74, 6) is -0.222. The topological polar surface area (TPSA) is 192 Å². The molecule has 0 aromatic carbocycles. The quantitative estimate of drug-likeness (QED) is 0.0251. The van der Waals surface area contributed by atoms with Crippen molar-refractivity contribution in [1.82, 2.24) is 5.32 Å². The van der Waals surface area contributed by atoms with Crippen molar-refractivity contribution >= 4 is 16.3 Å². The van der Waals surface area contributed by atoms with Crippen molar-refractivity contribution in [2.45, 2.75) is 333 Å². The Labute approximate surface area is 418 Å². The van der Waals surface area contributed by atoms with Gasteiger partial charge in [0.2, 0.25) is 5.91 Å². The van der Waals surface area contributed by atoms with E-state index < -0.39 is 59.9 Å². The lowest BCUT2D eigenvalue weighted by Gasteiger charge is -2.41. The third kappa shape index (κ3) is 37.8. The van der Waals surface area contributed by atoms with Gasteiger partial charge in [-0.3, -0.25) is 9.35 Å². The second kappa shape index (κ2) is 45.9. The standard InChI is InChI=1S/C55H109NO11S/c1-3-5-7-9-11-13-15-17-19-21-23-24-25-26-27-29-31-33-35-37-39-41-43-45-51(59)56-48(47-65-55-53(61)54(67-68(62,63)64)52(60)50(46-57)66-55)49(58)44-42-40-38-36-34-32-30-28-22-20-18-16-14-12-10-8-6-4-2/h48-50,52-55,57-58,60-61H,3-47H2,1-2H3,(H,56,59)(H,62,63,64). The van der Waals surface area contributed by atoms with Crippen molar-refractivity contribution < 1.29 is 51.8 Å². The molecular weight excluding hydrogens is 883 g/mol. The molecule has 1 amide bonds. The number of hydrogen-bond donors (Lipinski definition) is 6. The lowest BCUT2D eigenvalue weighted by molar-refractivity contribution is -0.298. The van der Waals surface area contributed by atoms with E-state index in [1.54, 1.807) is 0 Å². The van der Waals surface area contributed by atoms with E-state index in [9.17, 15) is 38.2 Å². The highest BCUT2D eigenvalue weighted by atomic mass is 32.3. The second-order valence-corrected chi connectivity index (χ2v) is 21.6. The number of aliphatic hydroxyl groups excluding tert-OH is 4. The van der Waals surface area contributed by atoms with Crippen LogP contribution in [-0.2, 0) is 28.9 Å². The number of aliphatic hydroxyl groups is 4. The third-order valence-electron chi connectivity index (χ3n) is 14.2. The number of hydrogen-bond acceptors (Lipinski definition) is 10. The summed E-state index contributed by atoms with van der Waals surface area (Å²) >= 11 is 0. The number of carbonyl (C=O) groups excluding carboxylic acids is 1. The van der Waals surface area contributed by atoms with E-state index >= 15 is 0 Å². The van der Waals surface area contributed by atoms with Crippen LogP contribution in [0.5, 0.6) is 0 Å². The smallest absolute Gasteiger partial charge is 0.394 e. The zero-order chi connectivity index (χ0) is 49.8. The van der Waals surface area contributed by atoms with Crippen LogP contribution in [0.2, 0.25) is 0 Å². The minimum absolute atomic E-state index is 0.222. The SMILES string of the molecule is CCCCCCCCCCCCCCCCCCCCCCCCCC(=O)NC(COC1OC(CO)C(O)C(OS(=O)(=O)O)C1O)C(O)CCCCCCCCCCCCCCCCCCCC. The molecule has 0 radical (unpaired) electrons. The van der Waals surface area contributed by atoms with Crippen LogP contribution >= 0.6 is 0 Å². The molecular formula is C55H109NO11S. The van der Waals surface area contributed by atoms with Crippen molar-refractivity contribution in [1.29, 1.82) is 0 Å². The molecule has 406 valence electrons. The summed E-state index contributed by atoms with van der Waals surface area (Å²) in [6.07, 6.45) is 43.9. The van der Waals surface area contributed by atoms with Gasteiger partial charge in [0.1, 0.15) is 24.4 Å². The maximum atomic E-state index is 13.1. The molecule has 0 aromatic heterocycles. The molecule has 0 saturated carbocycles. The summed E-state index contributed by atoms with van der Waals surface area (Å²) in [5, 5.41) is 45.1. The van der Waals surface area contributed by atoms with Gasteiger partial charge in [0, 0.05) is 6.42 Å². The molecule has 1 rings (SSSR count). The average molecular weight is 993 g/mol. The molecule has 68 heavy (non-hydrogen) atoms. The Hall–Kier alpha value is -0.900.